The van der Waals surface area contributed by atoms with E-state index in [0.717, 1.165) is 30.3 Å². The molecule has 2 aromatic rings. The Balaban J connectivity index is 2.10. The van der Waals surface area contributed by atoms with Crippen molar-refractivity contribution in [3.63, 3.8) is 0 Å². The molecule has 0 bridgehead atoms. The van der Waals surface area contributed by atoms with Crippen molar-refractivity contribution in [2.45, 2.75) is 12.7 Å². The number of hydrogen-bond acceptors (Lipinski definition) is 1. The second kappa shape index (κ2) is 6.13. The monoisotopic (exact) mass is 315 g/mol. The van der Waals surface area contributed by atoms with E-state index >= 15 is 0 Å². The van der Waals surface area contributed by atoms with E-state index in [1.165, 1.54) is 12.1 Å². The topological polar surface area (TPSA) is 29.1 Å². The van der Waals surface area contributed by atoms with E-state index in [-0.39, 0.29) is 12.1 Å². The average molecular weight is 315 g/mol. The molecule has 0 aromatic heterocycles. The maximum Gasteiger partial charge on any atom is 0.416 e. The summed E-state index contributed by atoms with van der Waals surface area (Å²) in [4.78, 5) is 11.7. The minimum absolute atomic E-state index is 0.194. The fraction of sp³-hybridized carbons (Fsp3) is 0.133. The molecule has 22 heavy (non-hydrogen) atoms. The Morgan fingerprint density at radius 3 is 2.45 bits per heavy atom. The Hall–Kier alpha value is -2.44. The highest BCUT2D eigenvalue weighted by Gasteiger charge is 2.30. The number of benzene rings is 2. The van der Waals surface area contributed by atoms with Gasteiger partial charge in [-0.15, -0.1) is 0 Å². The predicted octanol–water partition coefficient (Wildman–Crippen LogP) is 3.91. The highest BCUT2D eigenvalue weighted by atomic mass is 19.4. The number of amides is 1. The van der Waals surface area contributed by atoms with Crippen LogP contribution in [-0.4, -0.2) is 5.91 Å². The molecule has 0 radical (unpaired) electrons. The van der Waals surface area contributed by atoms with Gasteiger partial charge >= 0.3 is 6.18 Å². The van der Waals surface area contributed by atoms with E-state index in [2.05, 4.69) is 5.32 Å². The van der Waals surface area contributed by atoms with E-state index in [4.69, 9.17) is 0 Å². The molecular weight excluding hydrogens is 305 g/mol. The maximum absolute atomic E-state index is 13.4. The normalized spacial score (nSPS) is 11.3. The van der Waals surface area contributed by atoms with Gasteiger partial charge in [-0.25, -0.2) is 8.78 Å². The molecule has 1 amide bonds. The number of carbonyl (C=O) groups is 1. The highest BCUT2D eigenvalue weighted by molar-refractivity contribution is 5.94. The van der Waals surface area contributed by atoms with Gasteiger partial charge in [0.2, 0.25) is 0 Å². The van der Waals surface area contributed by atoms with Crippen molar-refractivity contribution in [3.05, 3.63) is 70.8 Å². The van der Waals surface area contributed by atoms with Crippen LogP contribution in [0.4, 0.5) is 22.0 Å². The lowest BCUT2D eigenvalue weighted by Crippen LogP contribution is -2.24. The zero-order chi connectivity index (χ0) is 16.3. The minimum Gasteiger partial charge on any atom is -0.348 e. The lowest BCUT2D eigenvalue weighted by atomic mass is 10.1. The first-order chi connectivity index (χ1) is 10.3. The van der Waals surface area contributed by atoms with Crippen molar-refractivity contribution in [2.75, 3.05) is 0 Å². The van der Waals surface area contributed by atoms with Crippen molar-refractivity contribution in [3.8, 4) is 0 Å². The van der Waals surface area contributed by atoms with Crippen molar-refractivity contribution in [1.29, 1.82) is 0 Å². The molecule has 7 heteroatoms. The van der Waals surface area contributed by atoms with E-state index in [0.29, 0.717) is 0 Å². The summed E-state index contributed by atoms with van der Waals surface area (Å²) in [5.74, 6) is -2.61. The summed E-state index contributed by atoms with van der Waals surface area (Å²) in [5.41, 5.74) is -1.16. The fourth-order valence-corrected chi connectivity index (χ4v) is 1.81. The minimum atomic E-state index is -4.49. The van der Waals surface area contributed by atoms with Gasteiger partial charge < -0.3 is 5.32 Å². The van der Waals surface area contributed by atoms with Crippen LogP contribution in [0.15, 0.2) is 42.5 Å². The van der Waals surface area contributed by atoms with Gasteiger partial charge in [0, 0.05) is 6.54 Å². The molecule has 0 heterocycles. The third-order valence-corrected chi connectivity index (χ3v) is 2.88. The van der Waals surface area contributed by atoms with Crippen LogP contribution in [0.5, 0.6) is 0 Å². The number of nitrogens with one attached hydrogen (secondary N) is 1. The molecule has 0 fully saturated rings. The third kappa shape index (κ3) is 3.81. The average Bonchev–Trinajstić information content (AvgIpc) is 2.47. The fourth-order valence-electron chi connectivity index (χ4n) is 1.81. The Morgan fingerprint density at radius 2 is 1.77 bits per heavy atom. The molecule has 2 aromatic carbocycles. The summed E-state index contributed by atoms with van der Waals surface area (Å²) in [6, 6.07) is 6.74. The summed E-state index contributed by atoms with van der Waals surface area (Å²) in [6.07, 6.45) is -4.49. The van der Waals surface area contributed by atoms with Gasteiger partial charge in [0.05, 0.1) is 11.1 Å². The maximum atomic E-state index is 13.4. The summed E-state index contributed by atoms with van der Waals surface area (Å²) in [7, 11) is 0. The quantitative estimate of drug-likeness (QED) is 0.855. The predicted molar refractivity (Wildman–Crippen MR) is 69.0 cm³/mol. The molecule has 0 aliphatic carbocycles. The van der Waals surface area contributed by atoms with Crippen LogP contribution in [0, 0.1) is 11.6 Å². The molecule has 2 rings (SSSR count). The van der Waals surface area contributed by atoms with Gasteiger partial charge in [-0.1, -0.05) is 12.1 Å². The van der Waals surface area contributed by atoms with Crippen LogP contribution in [0.2, 0.25) is 0 Å². The van der Waals surface area contributed by atoms with Gasteiger partial charge in [-0.2, -0.15) is 13.2 Å². The zero-order valence-corrected chi connectivity index (χ0v) is 11.0. The van der Waals surface area contributed by atoms with Crippen LogP contribution >= 0.6 is 0 Å². The summed E-state index contributed by atoms with van der Waals surface area (Å²) in [6.45, 7) is -0.237. The second-order valence-corrected chi connectivity index (χ2v) is 4.50. The third-order valence-electron chi connectivity index (χ3n) is 2.88. The van der Waals surface area contributed by atoms with Crippen molar-refractivity contribution >= 4 is 5.91 Å². The molecule has 0 atom stereocenters. The Kier molecular flexibility index (Phi) is 4.44. The first kappa shape index (κ1) is 15.9. The van der Waals surface area contributed by atoms with Crippen LogP contribution < -0.4 is 5.32 Å². The van der Waals surface area contributed by atoms with Crippen molar-refractivity contribution in [2.24, 2.45) is 0 Å². The molecule has 0 aliphatic heterocycles. The van der Waals surface area contributed by atoms with Crippen LogP contribution in [0.25, 0.3) is 0 Å². The summed E-state index contributed by atoms with van der Waals surface area (Å²) in [5, 5.41) is 2.25. The molecular formula is C15H10F5NO. The van der Waals surface area contributed by atoms with E-state index in [9.17, 15) is 26.7 Å². The van der Waals surface area contributed by atoms with Crippen LogP contribution in [0.3, 0.4) is 0 Å². The summed E-state index contributed by atoms with van der Waals surface area (Å²) < 4.78 is 64.0. The molecule has 0 unspecified atom stereocenters. The standard InChI is InChI=1S/C15H10F5NO/c16-11-4-5-13(17)12(7-11)14(22)21-8-9-2-1-3-10(6-9)15(18,19)20/h1-7H,8H2,(H,21,22). The number of hydrogen-bond donors (Lipinski definition) is 1. The number of rotatable bonds is 3. The SMILES string of the molecule is O=C(NCc1cccc(C(F)(F)F)c1)c1cc(F)ccc1F. The highest BCUT2D eigenvalue weighted by Crippen LogP contribution is 2.29. The second-order valence-electron chi connectivity index (χ2n) is 4.50. The molecule has 1 N–H and O–H groups in total. The van der Waals surface area contributed by atoms with Gasteiger partial charge in [-0.05, 0) is 35.9 Å². The number of alkyl halides is 3. The smallest absolute Gasteiger partial charge is 0.348 e. The molecule has 0 saturated heterocycles. The Morgan fingerprint density at radius 1 is 1.05 bits per heavy atom. The van der Waals surface area contributed by atoms with Crippen LogP contribution in [0.1, 0.15) is 21.5 Å². The molecule has 116 valence electrons. The number of carbonyl (C=O) groups excluding carboxylic acids is 1. The van der Waals surface area contributed by atoms with E-state index in [1.807, 2.05) is 0 Å². The molecule has 0 aliphatic rings. The van der Waals surface area contributed by atoms with Crippen molar-refractivity contribution < 1.29 is 26.7 Å². The number of halogens is 5. The first-order valence-corrected chi connectivity index (χ1v) is 6.17. The Labute approximate surface area is 122 Å². The zero-order valence-electron chi connectivity index (χ0n) is 11.0. The summed E-state index contributed by atoms with van der Waals surface area (Å²) >= 11 is 0. The first-order valence-electron chi connectivity index (χ1n) is 6.17. The van der Waals surface area contributed by atoms with Crippen LogP contribution in [-0.2, 0) is 12.7 Å². The van der Waals surface area contributed by atoms with E-state index in [1.54, 1.807) is 0 Å². The molecule has 2 nitrogen and oxygen atoms in total. The van der Waals surface area contributed by atoms with Gasteiger partial charge in [0.15, 0.2) is 0 Å². The van der Waals surface area contributed by atoms with Crippen molar-refractivity contribution in [1.82, 2.24) is 5.32 Å². The molecule has 0 saturated carbocycles. The molecule has 0 spiro atoms. The lowest BCUT2D eigenvalue weighted by molar-refractivity contribution is -0.137. The van der Waals surface area contributed by atoms with E-state index < -0.39 is 34.8 Å². The van der Waals surface area contributed by atoms with Gasteiger partial charge in [0.25, 0.3) is 5.91 Å². The Bertz CT molecular complexity index is 697. The van der Waals surface area contributed by atoms with Gasteiger partial charge in [0.1, 0.15) is 11.6 Å². The van der Waals surface area contributed by atoms with Gasteiger partial charge in [-0.3, -0.25) is 4.79 Å². The largest absolute Gasteiger partial charge is 0.416 e. The lowest BCUT2D eigenvalue weighted by Gasteiger charge is -2.10.